The van der Waals surface area contributed by atoms with E-state index in [-0.39, 0.29) is 71.9 Å². The monoisotopic (exact) mass is 1020 g/mol. The van der Waals surface area contributed by atoms with Crippen molar-refractivity contribution in [2.45, 2.75) is 0 Å². The van der Waals surface area contributed by atoms with Gasteiger partial charge in [0.05, 0.1) is 62.4 Å². The zero-order valence-corrected chi connectivity index (χ0v) is 34.0. The van der Waals surface area contributed by atoms with Crippen LogP contribution >= 0.6 is 34.0 Å². The summed E-state index contributed by atoms with van der Waals surface area (Å²) in [5, 5.41) is 19.6. The van der Waals surface area contributed by atoms with Crippen LogP contribution in [-0.2, 0) is 0 Å². The van der Waals surface area contributed by atoms with Crippen molar-refractivity contribution in [3.05, 3.63) is 143 Å². The summed E-state index contributed by atoms with van der Waals surface area (Å²) in [6.07, 6.45) is 0. The van der Waals surface area contributed by atoms with E-state index in [9.17, 15) is 0 Å². The molecular weight excluding hydrogens is 993 g/mol. The Labute approximate surface area is 339 Å². The quantitative estimate of drug-likeness (QED) is 0.104. The van der Waals surface area contributed by atoms with E-state index in [1.807, 2.05) is 109 Å². The number of aromatic nitrogens is 3. The van der Waals surface area contributed by atoms with Crippen molar-refractivity contribution in [1.82, 2.24) is 15.0 Å². The van der Waals surface area contributed by atoms with Crippen molar-refractivity contribution in [3.8, 4) is 31.7 Å². The average molecular weight is 1020 g/mol. The molecule has 0 saturated heterocycles. The zero-order chi connectivity index (χ0) is 30.8. The second kappa shape index (κ2) is 17.1. The Morgan fingerprint density at radius 2 is 0.625 bits per heavy atom. The lowest BCUT2D eigenvalue weighted by Gasteiger charge is -2.03. The van der Waals surface area contributed by atoms with Crippen LogP contribution in [0.4, 0.5) is 0 Å². The summed E-state index contributed by atoms with van der Waals surface area (Å²) in [6, 6.07) is 41.9. The summed E-state index contributed by atoms with van der Waals surface area (Å²) in [6.45, 7) is 0. The van der Waals surface area contributed by atoms with E-state index in [4.69, 9.17) is 16.2 Å². The van der Waals surface area contributed by atoms with Crippen molar-refractivity contribution in [3.63, 3.8) is 0 Å². The first kappa shape index (κ1) is 37.8. The number of hydrogen-bond acceptors (Lipinski definition) is 6. The van der Waals surface area contributed by atoms with Crippen LogP contribution in [-0.4, -0.2) is 15.0 Å². The summed E-state index contributed by atoms with van der Waals surface area (Å²) in [4.78, 5) is 17.1. The molecule has 0 fully saturated rings. The van der Waals surface area contributed by atoms with Gasteiger partial charge in [0.15, 0.2) is 16.1 Å². The second-order valence-electron chi connectivity index (χ2n) is 10.2. The molecule has 48 heavy (non-hydrogen) atoms. The first-order valence-corrected chi connectivity index (χ1v) is 16.6. The van der Waals surface area contributed by atoms with Crippen molar-refractivity contribution < 1.29 is 88.2 Å². The maximum atomic E-state index is 5.75. The van der Waals surface area contributed by atoms with E-state index in [0.717, 1.165) is 64.3 Å². The Bertz CT molecular complexity index is 2270. The highest BCUT2D eigenvalue weighted by Gasteiger charge is 2.08. The molecule has 240 valence electrons. The highest BCUT2D eigenvalue weighted by molar-refractivity contribution is 7.22. The van der Waals surface area contributed by atoms with Gasteiger partial charge in [-0.05, 0) is 54.6 Å². The number of rotatable bonds is 0. The fourth-order valence-corrected chi connectivity index (χ4v) is 7.81. The molecule has 0 unspecified atom stereocenters. The molecule has 0 saturated carbocycles. The number of nitrogens with zero attached hydrogens (tertiary/aromatic N) is 3. The van der Waals surface area contributed by atoms with Gasteiger partial charge in [-0.3, -0.25) is 16.2 Å². The molecule has 0 radical (unpaired) electrons. The lowest BCUT2D eigenvalue weighted by molar-refractivity contribution is -0.173. The van der Waals surface area contributed by atoms with Gasteiger partial charge in [0, 0.05) is 36.4 Å². The van der Waals surface area contributed by atoms with Gasteiger partial charge >= 0.3 is 0 Å². The topological polar surface area (TPSA) is 115 Å². The van der Waals surface area contributed by atoms with Gasteiger partial charge in [0.1, 0.15) is 0 Å². The van der Waals surface area contributed by atoms with E-state index in [2.05, 4.69) is 33.2 Å². The Morgan fingerprint density at radius 3 is 0.917 bits per heavy atom. The van der Waals surface area contributed by atoms with Gasteiger partial charge in [0.2, 0.25) is 0 Å². The minimum Gasteiger partial charge on any atom is -1.00 e. The van der Waals surface area contributed by atoms with Gasteiger partial charge in [-0.15, -0.1) is 34.0 Å². The fourth-order valence-electron chi connectivity index (χ4n) is 4.77. The van der Waals surface area contributed by atoms with Crippen LogP contribution in [0.5, 0.6) is 0 Å². The van der Waals surface area contributed by atoms with Crippen LogP contribution < -0.4 is 104 Å². The van der Waals surface area contributed by atoms with Crippen LogP contribution in [0.3, 0.4) is 0 Å². The van der Waals surface area contributed by atoms with E-state index < -0.39 is 0 Å². The van der Waals surface area contributed by atoms with Crippen LogP contribution in [0.1, 0.15) is 0 Å². The van der Waals surface area contributed by atoms with Crippen molar-refractivity contribution in [2.75, 3.05) is 0 Å². The Balaban J connectivity index is 0.000000158. The number of fused-ring (bicyclic) bond motifs is 6. The maximum Gasteiger partial charge on any atom is 0.198 e. The van der Waals surface area contributed by atoms with Crippen molar-refractivity contribution in [1.29, 1.82) is 0 Å². The smallest absolute Gasteiger partial charge is 0.198 e. The Kier molecular flexibility index (Phi) is 13.4. The van der Waals surface area contributed by atoms with Crippen LogP contribution in [0.2, 0.25) is 0 Å². The molecule has 9 rings (SSSR count). The Hall–Kier alpha value is -3.03. The predicted octanol–water partition coefficient (Wildman–Crippen LogP) is -5.81. The summed E-state index contributed by atoms with van der Waals surface area (Å²) in [5.74, 6) is 0. The standard InChI is InChI=1S/3C12H8N2S.3HI/c3*13-8-5-6-10-12(7-8)15-11-4-2-1-3-9(11)14-10;;;/h3*1-7,13H;3*1H. The molecule has 0 amide bonds. The molecule has 6 aliphatic rings. The van der Waals surface area contributed by atoms with E-state index in [1.165, 1.54) is 14.1 Å². The van der Waals surface area contributed by atoms with Gasteiger partial charge in [-0.2, -0.15) is 0 Å². The SMILES string of the molecule is [I-].[I-].[I-].[NH2+]=c1ccc2nc3ccccc3sc-2c1.[NH2+]=c1ccc2nc3ccccc3sc-2c1.[NH2+]=c1ccc2nc3ccccc3sc-2c1. The number of para-hydroxylation sites is 3. The summed E-state index contributed by atoms with van der Waals surface area (Å²) in [5.41, 5.74) is 6.15. The molecule has 3 aliphatic carbocycles. The third kappa shape index (κ3) is 8.76. The molecule has 12 heteroatoms. The van der Waals surface area contributed by atoms with Gasteiger partial charge in [-0.1, -0.05) is 36.4 Å². The van der Waals surface area contributed by atoms with E-state index in [0.29, 0.717) is 0 Å². The van der Waals surface area contributed by atoms with Gasteiger partial charge in [0.25, 0.3) is 0 Å². The van der Waals surface area contributed by atoms with Gasteiger partial charge in [-0.25, -0.2) is 15.0 Å². The third-order valence-corrected chi connectivity index (χ3v) is 10.3. The number of benzene rings is 6. The first-order valence-electron chi connectivity index (χ1n) is 14.1. The fraction of sp³-hybridized carbons (Fsp3) is 0. The molecule has 0 atom stereocenters. The maximum absolute atomic E-state index is 5.75. The molecule has 3 aliphatic heterocycles. The molecule has 3 aromatic rings. The normalized spacial score (nSPS) is 10.2. The lowest BCUT2D eigenvalue weighted by Crippen LogP contribution is -3.00. The largest absolute Gasteiger partial charge is 1.00 e. The van der Waals surface area contributed by atoms with Crippen molar-refractivity contribution in [2.24, 2.45) is 0 Å². The molecule has 0 bridgehead atoms. The number of halogens is 3. The predicted molar refractivity (Wildman–Crippen MR) is 184 cm³/mol. The molecule has 3 aromatic carbocycles. The molecule has 3 heterocycles. The summed E-state index contributed by atoms with van der Waals surface area (Å²) >= 11 is 5.17. The second-order valence-corrected chi connectivity index (χ2v) is 13.5. The summed E-state index contributed by atoms with van der Waals surface area (Å²) < 4.78 is 3.57. The van der Waals surface area contributed by atoms with Crippen LogP contribution in [0, 0.1) is 0 Å². The van der Waals surface area contributed by atoms with E-state index >= 15 is 0 Å². The Morgan fingerprint density at radius 1 is 0.354 bits per heavy atom. The molecule has 0 aromatic heterocycles. The number of hydrogen-bond donors (Lipinski definition) is 3. The number of nitrogens with two attached hydrogens (primary N) is 3. The average Bonchev–Trinajstić information content (AvgIpc) is 3.06. The zero-order valence-electron chi connectivity index (χ0n) is 25.1. The molecular formula is C36H27I3N6S3. The first-order chi connectivity index (χ1) is 22.0. The molecule has 0 spiro atoms. The lowest BCUT2D eigenvalue weighted by atomic mass is 10.2. The van der Waals surface area contributed by atoms with Crippen molar-refractivity contribution >= 4 is 64.7 Å². The highest BCUT2D eigenvalue weighted by atomic mass is 127. The van der Waals surface area contributed by atoms with Crippen LogP contribution in [0.15, 0.2) is 127 Å². The third-order valence-electron chi connectivity index (χ3n) is 6.93. The minimum atomic E-state index is 0. The van der Waals surface area contributed by atoms with E-state index in [1.54, 1.807) is 34.0 Å². The minimum absolute atomic E-state index is 0. The summed E-state index contributed by atoms with van der Waals surface area (Å²) in [7, 11) is 0. The van der Waals surface area contributed by atoms with Gasteiger partial charge < -0.3 is 71.9 Å². The van der Waals surface area contributed by atoms with Crippen LogP contribution in [0.25, 0.3) is 62.4 Å². The molecule has 6 N–H and O–H groups in total. The highest BCUT2D eigenvalue weighted by Crippen LogP contribution is 2.30. The molecule has 6 nitrogen and oxygen atoms in total.